The van der Waals surface area contributed by atoms with Gasteiger partial charge in [0.1, 0.15) is 0 Å². The van der Waals surface area contributed by atoms with Crippen LogP contribution in [0.4, 0.5) is 0 Å². The minimum Gasteiger partial charge on any atom is -0.390 e. The van der Waals surface area contributed by atoms with Crippen LogP contribution in [0.25, 0.3) is 0 Å². The monoisotopic (exact) mass is 362 g/mol. The number of aliphatic hydroxyl groups excluding tert-OH is 1. The van der Waals surface area contributed by atoms with Crippen LogP contribution in [-0.4, -0.2) is 79.0 Å². The van der Waals surface area contributed by atoms with E-state index in [1.54, 1.807) is 11.9 Å². The molecule has 2 aliphatic rings. The second kappa shape index (κ2) is 9.46. The van der Waals surface area contributed by atoms with Crippen molar-refractivity contribution in [2.45, 2.75) is 44.1 Å². The lowest BCUT2D eigenvalue weighted by Gasteiger charge is -2.36. The lowest BCUT2D eigenvalue weighted by Crippen LogP contribution is -2.50. The Morgan fingerprint density at radius 3 is 2.69 bits per heavy atom. The van der Waals surface area contributed by atoms with Gasteiger partial charge in [-0.05, 0) is 24.8 Å². The maximum Gasteiger partial charge on any atom is 0.254 e. The molecule has 1 N–H and O–H groups in total. The Morgan fingerprint density at radius 1 is 1.23 bits per heavy atom. The predicted molar refractivity (Wildman–Crippen MR) is 98.7 cm³/mol. The molecular weight excluding hydrogens is 332 g/mol. The van der Waals surface area contributed by atoms with Crippen molar-refractivity contribution in [3.05, 3.63) is 35.9 Å². The number of morpholine rings is 1. The maximum atomic E-state index is 12.8. The van der Waals surface area contributed by atoms with E-state index < -0.39 is 12.2 Å². The third kappa shape index (κ3) is 5.27. The molecule has 1 aromatic carbocycles. The molecule has 2 fully saturated rings. The van der Waals surface area contributed by atoms with E-state index in [-0.39, 0.29) is 12.0 Å². The molecule has 0 saturated carbocycles. The van der Waals surface area contributed by atoms with Crippen LogP contribution >= 0.6 is 0 Å². The minimum atomic E-state index is -0.757. The number of hydrogen-bond donors (Lipinski definition) is 1. The molecule has 26 heavy (non-hydrogen) atoms. The van der Waals surface area contributed by atoms with E-state index in [4.69, 9.17) is 9.47 Å². The van der Waals surface area contributed by atoms with Crippen LogP contribution in [0.3, 0.4) is 0 Å². The molecule has 6 nitrogen and oxygen atoms in total. The second-order valence-electron chi connectivity index (χ2n) is 7.25. The van der Waals surface area contributed by atoms with Crippen molar-refractivity contribution in [3.8, 4) is 0 Å². The fourth-order valence-corrected chi connectivity index (χ4v) is 3.61. The summed E-state index contributed by atoms with van der Waals surface area (Å²) in [5.41, 5.74) is 1.07. The van der Waals surface area contributed by atoms with E-state index in [0.717, 1.165) is 51.3 Å². The topological polar surface area (TPSA) is 62.2 Å². The van der Waals surface area contributed by atoms with Gasteiger partial charge in [0.15, 0.2) is 6.10 Å². The number of ether oxygens (including phenoxy) is 2. The Bertz CT molecular complexity index is 562. The van der Waals surface area contributed by atoms with Crippen molar-refractivity contribution in [2.75, 3.05) is 39.9 Å². The molecule has 0 bridgehead atoms. The lowest BCUT2D eigenvalue weighted by atomic mass is 9.98. The molecule has 0 unspecified atom stereocenters. The Morgan fingerprint density at radius 2 is 1.96 bits per heavy atom. The van der Waals surface area contributed by atoms with Crippen LogP contribution in [0.2, 0.25) is 0 Å². The molecule has 1 amide bonds. The average Bonchev–Trinajstić information content (AvgIpc) is 2.68. The molecule has 6 heteroatoms. The molecule has 1 aromatic rings. The minimum absolute atomic E-state index is 0.0281. The summed E-state index contributed by atoms with van der Waals surface area (Å²) in [7, 11) is 1.77. The normalized spacial score (nSPS) is 27.2. The highest BCUT2D eigenvalue weighted by Gasteiger charge is 2.36. The maximum absolute atomic E-state index is 12.8. The number of aliphatic hydroxyl groups is 1. The SMILES string of the molecule is CN(Cc1ccccc1)C(=O)[C@H]1O[C@H](CCN2CCOCC2)CC[C@@H]1O. The summed E-state index contributed by atoms with van der Waals surface area (Å²) >= 11 is 0. The molecule has 0 radical (unpaired) electrons. The molecular formula is C20H30N2O4. The summed E-state index contributed by atoms with van der Waals surface area (Å²) in [6.45, 7) is 4.95. The molecule has 0 spiro atoms. The number of likely N-dealkylation sites (N-methyl/N-ethyl adjacent to an activating group) is 1. The van der Waals surface area contributed by atoms with Crippen molar-refractivity contribution in [2.24, 2.45) is 0 Å². The largest absolute Gasteiger partial charge is 0.390 e. The Labute approximate surface area is 155 Å². The van der Waals surface area contributed by atoms with Gasteiger partial charge in [-0.1, -0.05) is 30.3 Å². The average molecular weight is 362 g/mol. The first kappa shape index (κ1) is 19.3. The Balaban J connectivity index is 1.51. The third-order valence-electron chi connectivity index (χ3n) is 5.23. The van der Waals surface area contributed by atoms with Gasteiger partial charge in [-0.25, -0.2) is 0 Å². The summed E-state index contributed by atoms with van der Waals surface area (Å²) in [6.07, 6.45) is 0.854. The highest BCUT2D eigenvalue weighted by molar-refractivity contribution is 5.81. The van der Waals surface area contributed by atoms with Crippen molar-refractivity contribution in [1.82, 2.24) is 9.80 Å². The summed E-state index contributed by atoms with van der Waals surface area (Å²) in [6, 6.07) is 9.86. The summed E-state index contributed by atoms with van der Waals surface area (Å²) in [4.78, 5) is 16.8. The van der Waals surface area contributed by atoms with Gasteiger partial charge < -0.3 is 19.5 Å². The zero-order chi connectivity index (χ0) is 18.4. The fourth-order valence-electron chi connectivity index (χ4n) is 3.61. The second-order valence-corrected chi connectivity index (χ2v) is 7.25. The van der Waals surface area contributed by atoms with Gasteiger partial charge >= 0.3 is 0 Å². The van der Waals surface area contributed by atoms with Crippen molar-refractivity contribution >= 4 is 5.91 Å². The van der Waals surface area contributed by atoms with Gasteiger partial charge in [0, 0.05) is 33.2 Å². The number of carbonyl (C=O) groups excluding carboxylic acids is 1. The lowest BCUT2D eigenvalue weighted by molar-refractivity contribution is -0.168. The first-order valence-electron chi connectivity index (χ1n) is 9.56. The van der Waals surface area contributed by atoms with E-state index in [0.29, 0.717) is 13.0 Å². The van der Waals surface area contributed by atoms with Gasteiger partial charge in [0.05, 0.1) is 25.4 Å². The predicted octanol–water partition coefficient (Wildman–Crippen LogP) is 1.28. The molecule has 3 atom stereocenters. The first-order valence-corrected chi connectivity index (χ1v) is 9.56. The molecule has 2 heterocycles. The van der Waals surface area contributed by atoms with E-state index in [9.17, 15) is 9.90 Å². The smallest absolute Gasteiger partial charge is 0.254 e. The quantitative estimate of drug-likeness (QED) is 0.826. The number of benzene rings is 1. The van der Waals surface area contributed by atoms with Crippen LogP contribution in [0, 0.1) is 0 Å². The van der Waals surface area contributed by atoms with E-state index in [2.05, 4.69) is 4.90 Å². The van der Waals surface area contributed by atoms with Gasteiger partial charge in [-0.15, -0.1) is 0 Å². The molecule has 2 aliphatic heterocycles. The van der Waals surface area contributed by atoms with Crippen LogP contribution < -0.4 is 0 Å². The molecule has 144 valence electrons. The third-order valence-corrected chi connectivity index (χ3v) is 5.23. The molecule has 2 saturated heterocycles. The first-order chi connectivity index (χ1) is 12.6. The van der Waals surface area contributed by atoms with Crippen LogP contribution in [0.1, 0.15) is 24.8 Å². The number of amides is 1. The van der Waals surface area contributed by atoms with Gasteiger partial charge in [-0.3, -0.25) is 9.69 Å². The van der Waals surface area contributed by atoms with Crippen LogP contribution in [0.15, 0.2) is 30.3 Å². The van der Waals surface area contributed by atoms with Crippen molar-refractivity contribution < 1.29 is 19.4 Å². The number of rotatable bonds is 6. The van der Waals surface area contributed by atoms with Crippen molar-refractivity contribution in [1.29, 1.82) is 0 Å². The van der Waals surface area contributed by atoms with Gasteiger partial charge in [0.2, 0.25) is 0 Å². The molecule has 3 rings (SSSR count). The van der Waals surface area contributed by atoms with Crippen LogP contribution in [0.5, 0.6) is 0 Å². The number of hydrogen-bond acceptors (Lipinski definition) is 5. The Hall–Kier alpha value is -1.47. The summed E-state index contributed by atoms with van der Waals surface area (Å²) < 4.78 is 11.4. The molecule has 0 aromatic heterocycles. The van der Waals surface area contributed by atoms with Gasteiger partial charge in [-0.2, -0.15) is 0 Å². The summed E-state index contributed by atoms with van der Waals surface area (Å²) in [5, 5.41) is 10.3. The van der Waals surface area contributed by atoms with Gasteiger partial charge in [0.25, 0.3) is 5.91 Å². The van der Waals surface area contributed by atoms with Crippen LogP contribution in [-0.2, 0) is 20.8 Å². The fraction of sp³-hybridized carbons (Fsp3) is 0.650. The van der Waals surface area contributed by atoms with E-state index in [1.807, 2.05) is 30.3 Å². The summed E-state index contributed by atoms with van der Waals surface area (Å²) in [5.74, 6) is -0.141. The highest BCUT2D eigenvalue weighted by Crippen LogP contribution is 2.24. The zero-order valence-corrected chi connectivity index (χ0v) is 15.5. The molecule has 0 aliphatic carbocycles. The standard InChI is InChI=1S/C20H30N2O4/c1-21(15-16-5-3-2-4-6-16)20(24)19-18(23)8-7-17(26-19)9-10-22-11-13-25-14-12-22/h2-6,17-19,23H,7-15H2,1H3/t17-,18-,19-/m0/s1. The Kier molecular flexibility index (Phi) is 7.02. The van der Waals surface area contributed by atoms with E-state index in [1.165, 1.54) is 0 Å². The van der Waals surface area contributed by atoms with E-state index >= 15 is 0 Å². The number of nitrogens with zero attached hydrogens (tertiary/aromatic N) is 2. The zero-order valence-electron chi connectivity index (χ0n) is 15.5. The number of carbonyl (C=O) groups is 1. The van der Waals surface area contributed by atoms with Crippen molar-refractivity contribution in [3.63, 3.8) is 0 Å². The highest BCUT2D eigenvalue weighted by atomic mass is 16.5.